The third-order valence-electron chi connectivity index (χ3n) is 5.09. The Hall–Kier alpha value is -3.44. The molecule has 154 valence electrons. The van der Waals surface area contributed by atoms with Gasteiger partial charge in [-0.2, -0.15) is 0 Å². The van der Waals surface area contributed by atoms with E-state index < -0.39 is 11.8 Å². The molecule has 0 radical (unpaired) electrons. The SMILES string of the molecule is CCCCc1ccc(N(O)c2ccccc2C(=O)c2ccccc2C(=O)O)c(C)c1. The van der Waals surface area contributed by atoms with E-state index in [1.54, 1.807) is 36.4 Å². The summed E-state index contributed by atoms with van der Waals surface area (Å²) in [6, 6.07) is 18.6. The van der Waals surface area contributed by atoms with E-state index in [0.717, 1.165) is 29.9 Å². The fraction of sp³-hybridized carbons (Fsp3) is 0.200. The number of ketones is 1. The minimum atomic E-state index is -1.17. The van der Waals surface area contributed by atoms with Crippen molar-refractivity contribution in [2.45, 2.75) is 33.1 Å². The zero-order valence-corrected chi connectivity index (χ0v) is 17.1. The zero-order valence-electron chi connectivity index (χ0n) is 17.1. The van der Waals surface area contributed by atoms with Crippen LogP contribution in [0.25, 0.3) is 0 Å². The number of rotatable bonds is 8. The number of para-hydroxylation sites is 1. The number of nitrogens with zero attached hydrogens (tertiary/aromatic N) is 1. The van der Waals surface area contributed by atoms with Crippen molar-refractivity contribution in [3.05, 3.63) is 94.5 Å². The van der Waals surface area contributed by atoms with Gasteiger partial charge in [0.1, 0.15) is 0 Å². The predicted molar refractivity (Wildman–Crippen MR) is 117 cm³/mol. The van der Waals surface area contributed by atoms with Gasteiger partial charge in [-0.15, -0.1) is 0 Å². The Balaban J connectivity index is 2.00. The molecule has 0 bridgehead atoms. The molecular weight excluding hydrogens is 378 g/mol. The standard InChI is InChI=1S/C25H25NO4/c1-3-4-9-18-14-15-22(17(2)16-18)26(30)23-13-8-7-12-21(23)24(27)19-10-5-6-11-20(19)25(28)29/h5-8,10-16,30H,3-4,9H2,1-2H3,(H,28,29). The van der Waals surface area contributed by atoms with Gasteiger partial charge < -0.3 is 5.11 Å². The average molecular weight is 403 g/mol. The van der Waals surface area contributed by atoms with E-state index in [1.807, 2.05) is 25.1 Å². The van der Waals surface area contributed by atoms with Crippen LogP contribution in [0.15, 0.2) is 66.7 Å². The van der Waals surface area contributed by atoms with E-state index in [4.69, 9.17) is 0 Å². The number of aromatic carboxylic acids is 1. The van der Waals surface area contributed by atoms with Gasteiger partial charge in [-0.3, -0.25) is 10.0 Å². The van der Waals surface area contributed by atoms with E-state index in [2.05, 4.69) is 6.92 Å². The van der Waals surface area contributed by atoms with Crippen LogP contribution in [0.4, 0.5) is 11.4 Å². The molecule has 0 aliphatic heterocycles. The first-order chi connectivity index (χ1) is 14.4. The maximum Gasteiger partial charge on any atom is 0.336 e. The molecule has 0 fully saturated rings. The number of hydrogen-bond donors (Lipinski definition) is 2. The van der Waals surface area contributed by atoms with Crippen LogP contribution in [0.3, 0.4) is 0 Å². The van der Waals surface area contributed by atoms with Crippen LogP contribution in [-0.2, 0) is 6.42 Å². The molecule has 0 aromatic heterocycles. The Kier molecular flexibility index (Phi) is 6.65. The van der Waals surface area contributed by atoms with Gasteiger partial charge in [-0.1, -0.05) is 55.8 Å². The van der Waals surface area contributed by atoms with Crippen LogP contribution in [0.5, 0.6) is 0 Å². The summed E-state index contributed by atoms with van der Waals surface area (Å²) in [5.74, 6) is -1.63. The molecule has 0 heterocycles. The average Bonchev–Trinajstić information content (AvgIpc) is 2.76. The number of carboxylic acids is 1. The molecule has 30 heavy (non-hydrogen) atoms. The van der Waals surface area contributed by atoms with Crippen LogP contribution >= 0.6 is 0 Å². The Morgan fingerprint density at radius 1 is 0.867 bits per heavy atom. The zero-order chi connectivity index (χ0) is 21.7. The highest BCUT2D eigenvalue weighted by Crippen LogP contribution is 2.31. The Morgan fingerprint density at radius 3 is 2.13 bits per heavy atom. The summed E-state index contributed by atoms with van der Waals surface area (Å²) in [7, 11) is 0. The van der Waals surface area contributed by atoms with Crippen molar-refractivity contribution in [1.82, 2.24) is 0 Å². The molecule has 0 saturated carbocycles. The molecular formula is C25H25NO4. The number of carbonyl (C=O) groups excluding carboxylic acids is 1. The van der Waals surface area contributed by atoms with Gasteiger partial charge >= 0.3 is 5.97 Å². The van der Waals surface area contributed by atoms with Gasteiger partial charge in [-0.25, -0.2) is 9.86 Å². The largest absolute Gasteiger partial charge is 0.478 e. The smallest absolute Gasteiger partial charge is 0.336 e. The number of benzene rings is 3. The maximum absolute atomic E-state index is 13.2. The van der Waals surface area contributed by atoms with Crippen molar-refractivity contribution < 1.29 is 19.9 Å². The molecule has 0 spiro atoms. The fourth-order valence-corrected chi connectivity index (χ4v) is 3.48. The third kappa shape index (κ3) is 4.42. The van der Waals surface area contributed by atoms with Gasteiger partial charge in [0.15, 0.2) is 5.78 Å². The van der Waals surface area contributed by atoms with Crippen molar-refractivity contribution in [3.8, 4) is 0 Å². The lowest BCUT2D eigenvalue weighted by atomic mass is 9.96. The number of anilines is 2. The minimum Gasteiger partial charge on any atom is -0.478 e. The molecule has 3 aromatic rings. The van der Waals surface area contributed by atoms with Crippen LogP contribution in [0.2, 0.25) is 0 Å². The summed E-state index contributed by atoms with van der Waals surface area (Å²) < 4.78 is 0. The molecule has 3 aromatic carbocycles. The summed E-state index contributed by atoms with van der Waals surface area (Å²) in [4.78, 5) is 24.7. The number of unbranched alkanes of at least 4 members (excludes halogenated alkanes) is 1. The molecule has 3 rings (SSSR count). The predicted octanol–water partition coefficient (Wildman–Crippen LogP) is 5.79. The van der Waals surface area contributed by atoms with E-state index in [0.29, 0.717) is 11.4 Å². The molecule has 5 nitrogen and oxygen atoms in total. The van der Waals surface area contributed by atoms with Gasteiger partial charge in [0.25, 0.3) is 0 Å². The Bertz CT molecular complexity index is 1070. The lowest BCUT2D eigenvalue weighted by Gasteiger charge is -2.22. The Morgan fingerprint density at radius 2 is 1.50 bits per heavy atom. The molecule has 0 aliphatic carbocycles. The fourth-order valence-electron chi connectivity index (χ4n) is 3.48. The summed E-state index contributed by atoms with van der Waals surface area (Å²) >= 11 is 0. The normalized spacial score (nSPS) is 10.6. The minimum absolute atomic E-state index is 0.0711. The van der Waals surface area contributed by atoms with Crippen molar-refractivity contribution in [1.29, 1.82) is 0 Å². The van der Waals surface area contributed by atoms with Gasteiger partial charge in [-0.05, 0) is 55.2 Å². The van der Waals surface area contributed by atoms with Crippen molar-refractivity contribution in [3.63, 3.8) is 0 Å². The highest BCUT2D eigenvalue weighted by Gasteiger charge is 2.22. The first kappa shape index (κ1) is 21.3. The van der Waals surface area contributed by atoms with Crippen LogP contribution in [0, 0.1) is 6.92 Å². The maximum atomic E-state index is 13.2. The van der Waals surface area contributed by atoms with Crippen molar-refractivity contribution >= 4 is 23.1 Å². The monoisotopic (exact) mass is 403 g/mol. The third-order valence-corrected chi connectivity index (χ3v) is 5.09. The number of hydrogen-bond acceptors (Lipinski definition) is 4. The first-order valence-electron chi connectivity index (χ1n) is 9.98. The molecule has 0 amide bonds. The molecule has 2 N–H and O–H groups in total. The van der Waals surface area contributed by atoms with E-state index >= 15 is 0 Å². The highest BCUT2D eigenvalue weighted by atomic mass is 16.5. The van der Waals surface area contributed by atoms with Gasteiger partial charge in [0.2, 0.25) is 0 Å². The molecule has 0 aliphatic rings. The molecule has 0 saturated heterocycles. The topological polar surface area (TPSA) is 77.8 Å². The second-order valence-electron chi connectivity index (χ2n) is 7.23. The lowest BCUT2D eigenvalue weighted by molar-refractivity contribution is 0.0693. The quantitative estimate of drug-likeness (QED) is 0.367. The number of carboxylic acid groups (broad SMARTS) is 1. The highest BCUT2D eigenvalue weighted by molar-refractivity contribution is 6.16. The van der Waals surface area contributed by atoms with E-state index in [9.17, 15) is 19.9 Å². The van der Waals surface area contributed by atoms with Gasteiger partial charge in [0, 0.05) is 11.1 Å². The molecule has 5 heteroatoms. The number of carbonyl (C=O) groups is 2. The molecule has 0 atom stereocenters. The second kappa shape index (κ2) is 9.37. The van der Waals surface area contributed by atoms with Crippen molar-refractivity contribution in [2.24, 2.45) is 0 Å². The van der Waals surface area contributed by atoms with Crippen LogP contribution in [0.1, 0.15) is 57.2 Å². The van der Waals surface area contributed by atoms with E-state index in [1.165, 1.54) is 17.7 Å². The summed E-state index contributed by atoms with van der Waals surface area (Å²) in [5.41, 5.74) is 3.19. The summed E-state index contributed by atoms with van der Waals surface area (Å²) in [6.45, 7) is 4.06. The lowest BCUT2D eigenvalue weighted by Crippen LogP contribution is -2.17. The van der Waals surface area contributed by atoms with Crippen LogP contribution in [-0.4, -0.2) is 22.1 Å². The van der Waals surface area contributed by atoms with E-state index in [-0.39, 0.29) is 16.7 Å². The first-order valence-corrected chi connectivity index (χ1v) is 9.98. The second-order valence-corrected chi connectivity index (χ2v) is 7.23. The Labute approximate surface area is 176 Å². The molecule has 0 unspecified atom stereocenters. The summed E-state index contributed by atoms with van der Waals surface area (Å²) in [5, 5.41) is 21.4. The van der Waals surface area contributed by atoms with Crippen LogP contribution < -0.4 is 5.06 Å². The van der Waals surface area contributed by atoms with Crippen molar-refractivity contribution in [2.75, 3.05) is 5.06 Å². The number of aryl methyl sites for hydroxylation is 2. The van der Waals surface area contributed by atoms with Gasteiger partial charge in [0.05, 0.1) is 16.9 Å². The summed E-state index contributed by atoms with van der Waals surface area (Å²) in [6.07, 6.45) is 3.19.